The minimum absolute atomic E-state index is 0.00806. The number of nitrogens with two attached hydrogens (primary N) is 1. The molecule has 0 aromatic carbocycles. The van der Waals surface area contributed by atoms with E-state index in [-0.39, 0.29) is 6.54 Å². The maximum absolute atomic E-state index is 12.2. The van der Waals surface area contributed by atoms with Gasteiger partial charge in [-0.1, -0.05) is 0 Å². The van der Waals surface area contributed by atoms with Crippen molar-refractivity contribution in [1.82, 2.24) is 4.98 Å². The average Bonchev–Trinajstić information content (AvgIpc) is 2.24. The van der Waals surface area contributed by atoms with Crippen LogP contribution in [0.4, 0.5) is 18.9 Å². The Morgan fingerprint density at radius 2 is 2.06 bits per heavy atom. The van der Waals surface area contributed by atoms with Crippen molar-refractivity contribution in [2.75, 3.05) is 11.9 Å². The Bertz CT molecular complexity index is 499. The summed E-state index contributed by atoms with van der Waals surface area (Å²) >= 11 is 0. The molecule has 18 heavy (non-hydrogen) atoms. The average molecular weight is 283 g/mol. The van der Waals surface area contributed by atoms with Crippen molar-refractivity contribution >= 4 is 15.7 Å². The van der Waals surface area contributed by atoms with Crippen molar-refractivity contribution in [2.24, 2.45) is 5.14 Å². The highest BCUT2D eigenvalue weighted by Gasteiger charge is 2.32. The maximum atomic E-state index is 12.2. The van der Waals surface area contributed by atoms with Gasteiger partial charge in [0.2, 0.25) is 10.0 Å². The molecule has 0 spiro atoms. The lowest BCUT2D eigenvalue weighted by Gasteiger charge is -2.12. The summed E-state index contributed by atoms with van der Waals surface area (Å²) in [5.74, 6) is 0. The molecule has 0 aliphatic rings. The Morgan fingerprint density at radius 1 is 1.44 bits per heavy atom. The Kier molecular flexibility index (Phi) is 4.17. The number of alkyl halides is 3. The van der Waals surface area contributed by atoms with E-state index in [1.165, 1.54) is 13.0 Å². The second-order valence-corrected chi connectivity index (χ2v) is 5.69. The van der Waals surface area contributed by atoms with Crippen LogP contribution in [0.2, 0.25) is 0 Å². The summed E-state index contributed by atoms with van der Waals surface area (Å²) in [4.78, 5) is 3.22. The van der Waals surface area contributed by atoms with E-state index in [4.69, 9.17) is 5.14 Å². The van der Waals surface area contributed by atoms with Gasteiger partial charge in [0.15, 0.2) is 0 Å². The Labute approximate surface area is 102 Å². The number of primary sulfonamides is 1. The molecule has 1 rings (SSSR count). The lowest BCUT2D eigenvalue weighted by atomic mass is 10.3. The van der Waals surface area contributed by atoms with Gasteiger partial charge < -0.3 is 5.32 Å². The van der Waals surface area contributed by atoms with E-state index in [1.54, 1.807) is 0 Å². The molecule has 5 nitrogen and oxygen atoms in total. The number of hydrogen-bond acceptors (Lipinski definition) is 4. The fourth-order valence-corrected chi connectivity index (χ4v) is 1.36. The van der Waals surface area contributed by atoms with Crippen LogP contribution >= 0.6 is 0 Å². The first kappa shape index (κ1) is 14.7. The van der Waals surface area contributed by atoms with E-state index in [1.807, 2.05) is 0 Å². The smallest absolute Gasteiger partial charge is 0.382 e. The van der Waals surface area contributed by atoms with Gasteiger partial charge in [-0.25, -0.2) is 18.5 Å². The number of nitrogens with one attached hydrogen (secondary N) is 1. The van der Waals surface area contributed by atoms with Crippen LogP contribution in [0, 0.1) is 0 Å². The van der Waals surface area contributed by atoms with E-state index < -0.39 is 27.1 Å². The molecule has 0 aliphatic heterocycles. The number of hydrogen-bond donors (Lipinski definition) is 2. The number of pyridine rings is 1. The van der Waals surface area contributed by atoms with Gasteiger partial charge in [-0.15, -0.1) is 0 Å². The first-order chi connectivity index (χ1) is 8.10. The lowest BCUT2D eigenvalue weighted by molar-refractivity contribution is -0.141. The first-order valence-corrected chi connectivity index (χ1v) is 6.50. The SMILES string of the molecule is CC(CNc1ccc(C(F)(F)F)nc1)S(N)(=O)=O. The lowest BCUT2D eigenvalue weighted by Crippen LogP contribution is -2.31. The minimum Gasteiger partial charge on any atom is -0.382 e. The number of anilines is 1. The fourth-order valence-electron chi connectivity index (χ4n) is 1.04. The molecule has 9 heteroatoms. The molecule has 0 fully saturated rings. The zero-order valence-electron chi connectivity index (χ0n) is 9.40. The van der Waals surface area contributed by atoms with Crippen LogP contribution in [-0.2, 0) is 16.2 Å². The topological polar surface area (TPSA) is 85.1 Å². The van der Waals surface area contributed by atoms with Crippen molar-refractivity contribution in [2.45, 2.75) is 18.3 Å². The zero-order chi connectivity index (χ0) is 14.0. The Hall–Kier alpha value is -1.35. The van der Waals surface area contributed by atoms with Gasteiger partial charge in [0.1, 0.15) is 5.69 Å². The third kappa shape index (κ3) is 4.15. The molecule has 1 aromatic heterocycles. The highest BCUT2D eigenvalue weighted by atomic mass is 32.2. The second kappa shape index (κ2) is 5.11. The third-order valence-electron chi connectivity index (χ3n) is 2.21. The molecule has 102 valence electrons. The molecule has 1 atom stereocenters. The quantitative estimate of drug-likeness (QED) is 0.869. The number of sulfonamides is 1. The van der Waals surface area contributed by atoms with E-state index in [0.717, 1.165) is 12.3 Å². The monoisotopic (exact) mass is 283 g/mol. The van der Waals surface area contributed by atoms with Crippen LogP contribution in [0.25, 0.3) is 0 Å². The highest BCUT2D eigenvalue weighted by molar-refractivity contribution is 7.89. The summed E-state index contributed by atoms with van der Waals surface area (Å²) in [6.07, 6.45) is -3.51. The summed E-state index contributed by atoms with van der Waals surface area (Å²) in [6.45, 7) is 1.38. The molecule has 3 N–H and O–H groups in total. The van der Waals surface area contributed by atoms with Gasteiger partial charge in [0.25, 0.3) is 0 Å². The van der Waals surface area contributed by atoms with Gasteiger partial charge in [0, 0.05) is 6.54 Å². The molecule has 0 radical (unpaired) electrons. The molecule has 0 saturated carbocycles. The standard InChI is InChI=1S/C9H12F3N3O2S/c1-6(18(13,16)17)4-14-7-2-3-8(15-5-7)9(10,11)12/h2-3,5-6,14H,4H2,1H3,(H2,13,16,17). The van der Waals surface area contributed by atoms with Crippen molar-refractivity contribution < 1.29 is 21.6 Å². The summed E-state index contributed by atoms with van der Waals surface area (Å²) < 4.78 is 58.5. The second-order valence-electron chi connectivity index (χ2n) is 3.71. The predicted molar refractivity (Wildman–Crippen MR) is 60.3 cm³/mol. The highest BCUT2D eigenvalue weighted by Crippen LogP contribution is 2.27. The van der Waals surface area contributed by atoms with Gasteiger partial charge >= 0.3 is 6.18 Å². The molecule has 1 heterocycles. The molecule has 0 amide bonds. The molecule has 0 saturated heterocycles. The molecule has 1 aromatic rings. The van der Waals surface area contributed by atoms with E-state index in [2.05, 4.69) is 10.3 Å². The minimum atomic E-state index is -4.49. The van der Waals surface area contributed by atoms with E-state index in [0.29, 0.717) is 5.69 Å². The largest absolute Gasteiger partial charge is 0.433 e. The molecule has 0 bridgehead atoms. The van der Waals surface area contributed by atoms with Gasteiger partial charge in [0.05, 0.1) is 17.1 Å². The van der Waals surface area contributed by atoms with E-state index in [9.17, 15) is 21.6 Å². The molecular formula is C9H12F3N3O2S. The Morgan fingerprint density at radius 3 is 2.44 bits per heavy atom. The number of aromatic nitrogens is 1. The number of nitrogens with zero attached hydrogens (tertiary/aromatic N) is 1. The van der Waals surface area contributed by atoms with Crippen molar-refractivity contribution in [3.05, 3.63) is 24.0 Å². The van der Waals surface area contributed by atoms with Crippen molar-refractivity contribution in [3.8, 4) is 0 Å². The molecule has 1 unspecified atom stereocenters. The third-order valence-corrected chi connectivity index (χ3v) is 3.50. The number of rotatable bonds is 4. The summed E-state index contributed by atoms with van der Waals surface area (Å²) in [7, 11) is -3.67. The Balaban J connectivity index is 2.66. The molecule has 0 aliphatic carbocycles. The summed E-state index contributed by atoms with van der Waals surface area (Å²) in [6, 6.07) is 1.98. The summed E-state index contributed by atoms with van der Waals surface area (Å²) in [5, 5.41) is 6.69. The maximum Gasteiger partial charge on any atom is 0.433 e. The molecular weight excluding hydrogens is 271 g/mol. The van der Waals surface area contributed by atoms with Crippen LogP contribution in [-0.4, -0.2) is 25.2 Å². The van der Waals surface area contributed by atoms with Gasteiger partial charge in [-0.05, 0) is 19.1 Å². The van der Waals surface area contributed by atoms with Crippen LogP contribution in [0.1, 0.15) is 12.6 Å². The van der Waals surface area contributed by atoms with E-state index >= 15 is 0 Å². The normalized spacial score (nSPS) is 14.3. The van der Waals surface area contributed by atoms with Gasteiger partial charge in [-0.3, -0.25) is 0 Å². The van der Waals surface area contributed by atoms with Crippen LogP contribution in [0.5, 0.6) is 0 Å². The zero-order valence-corrected chi connectivity index (χ0v) is 10.2. The van der Waals surface area contributed by atoms with Crippen molar-refractivity contribution in [3.63, 3.8) is 0 Å². The number of halogens is 3. The predicted octanol–water partition coefficient (Wildman–Crippen LogP) is 1.19. The van der Waals surface area contributed by atoms with Crippen LogP contribution < -0.4 is 10.5 Å². The first-order valence-electron chi connectivity index (χ1n) is 4.89. The van der Waals surface area contributed by atoms with Gasteiger partial charge in [-0.2, -0.15) is 13.2 Å². The van der Waals surface area contributed by atoms with Crippen LogP contribution in [0.3, 0.4) is 0 Å². The summed E-state index contributed by atoms with van der Waals surface area (Å²) in [5.41, 5.74) is -0.717. The fraction of sp³-hybridized carbons (Fsp3) is 0.444. The van der Waals surface area contributed by atoms with Crippen LogP contribution in [0.15, 0.2) is 18.3 Å². The van der Waals surface area contributed by atoms with Crippen molar-refractivity contribution in [1.29, 1.82) is 0 Å².